The van der Waals surface area contributed by atoms with E-state index in [0.29, 0.717) is 10.7 Å². The summed E-state index contributed by atoms with van der Waals surface area (Å²) < 4.78 is 32.3. The molecule has 2 aromatic carbocycles. The van der Waals surface area contributed by atoms with Gasteiger partial charge in [0.25, 0.3) is 5.91 Å². The van der Waals surface area contributed by atoms with Crippen molar-refractivity contribution in [2.45, 2.75) is 18.9 Å². The minimum absolute atomic E-state index is 0.0840. The Morgan fingerprint density at radius 1 is 1.03 bits per heavy atom. The number of pyridine rings is 1. The van der Waals surface area contributed by atoms with E-state index in [4.69, 9.17) is 14.2 Å². The molecule has 2 atom stereocenters. The van der Waals surface area contributed by atoms with Gasteiger partial charge in [-0.1, -0.05) is 24.3 Å². The van der Waals surface area contributed by atoms with Crippen LogP contribution in [0.3, 0.4) is 0 Å². The first-order chi connectivity index (χ1) is 17.6. The van der Waals surface area contributed by atoms with Crippen molar-refractivity contribution in [1.29, 1.82) is 0 Å². The average Bonchev–Trinajstić information content (AvgIpc) is 3.48. The van der Waals surface area contributed by atoms with Gasteiger partial charge >= 0.3 is 0 Å². The zero-order chi connectivity index (χ0) is 24.5. The molecule has 1 fully saturated rings. The van der Waals surface area contributed by atoms with Crippen LogP contribution in [0.5, 0.6) is 17.2 Å². The molecule has 3 aromatic rings. The van der Waals surface area contributed by atoms with Gasteiger partial charge in [-0.15, -0.1) is 0 Å². The third-order valence-corrected chi connectivity index (χ3v) is 7.67. The molecule has 9 heteroatoms. The molecule has 0 spiro atoms. The van der Waals surface area contributed by atoms with E-state index in [9.17, 15) is 9.00 Å². The number of benzene rings is 2. The summed E-state index contributed by atoms with van der Waals surface area (Å²) in [4.78, 5) is 18.7. The van der Waals surface area contributed by atoms with Crippen molar-refractivity contribution >= 4 is 27.6 Å². The smallest absolute Gasteiger partial charge is 0.257 e. The first-order valence-electron chi connectivity index (χ1n) is 11.9. The van der Waals surface area contributed by atoms with Crippen molar-refractivity contribution in [2.24, 2.45) is 0 Å². The molecule has 6 rings (SSSR count). The minimum Gasteiger partial charge on any atom is -0.486 e. The first-order valence-corrected chi connectivity index (χ1v) is 13.1. The molecular formula is C27H25N3O5S. The molecule has 2 aliphatic heterocycles. The lowest BCUT2D eigenvalue weighted by Gasteiger charge is -2.27. The maximum Gasteiger partial charge on any atom is 0.257 e. The van der Waals surface area contributed by atoms with Crippen molar-refractivity contribution in [3.8, 4) is 17.2 Å². The van der Waals surface area contributed by atoms with Crippen LogP contribution in [0, 0.1) is 0 Å². The quantitative estimate of drug-likeness (QED) is 0.546. The maximum absolute atomic E-state index is 12.0. The highest BCUT2D eigenvalue weighted by atomic mass is 32.2. The Balaban J connectivity index is 1.14. The number of fused-ring (bicyclic) bond motifs is 1. The van der Waals surface area contributed by atoms with Crippen molar-refractivity contribution in [3.63, 3.8) is 0 Å². The molecule has 1 aromatic heterocycles. The van der Waals surface area contributed by atoms with Gasteiger partial charge in [-0.25, -0.2) is 9.19 Å². The standard InChI is InChI=1S/C27H25N3O5S/c31-27-16-25(36(32)29-27)18-4-6-19(7-5-18)34-24-10-9-22-21(24)2-1-3-23(22)35-20-8-11-26(28-17-20)30-12-14-33-15-13-30/h1-8,11,16-17,24H,9-10,12-15H2,(H,29,31)/t24-,36?/m1/s1. The summed E-state index contributed by atoms with van der Waals surface area (Å²) in [6.45, 7) is 3.14. The van der Waals surface area contributed by atoms with E-state index >= 15 is 0 Å². The topological polar surface area (TPSA) is 90.0 Å². The summed E-state index contributed by atoms with van der Waals surface area (Å²) in [6, 6.07) is 17.3. The van der Waals surface area contributed by atoms with Crippen molar-refractivity contribution in [1.82, 2.24) is 9.71 Å². The number of nitrogens with one attached hydrogen (secondary N) is 1. The summed E-state index contributed by atoms with van der Waals surface area (Å²) in [5.41, 5.74) is 2.99. The third kappa shape index (κ3) is 4.59. The molecule has 1 N–H and O–H groups in total. The number of nitrogens with zero attached hydrogens (tertiary/aromatic N) is 2. The number of aromatic nitrogens is 1. The number of amides is 1. The van der Waals surface area contributed by atoms with Gasteiger partial charge < -0.3 is 19.1 Å². The van der Waals surface area contributed by atoms with Crippen LogP contribution < -0.4 is 19.1 Å². The Bertz CT molecular complexity index is 1330. The molecule has 3 heterocycles. The van der Waals surface area contributed by atoms with Crippen LogP contribution in [0.2, 0.25) is 0 Å². The molecule has 0 bridgehead atoms. The highest BCUT2D eigenvalue weighted by Crippen LogP contribution is 2.41. The highest BCUT2D eigenvalue weighted by molar-refractivity contribution is 7.93. The van der Waals surface area contributed by atoms with Gasteiger partial charge in [0.1, 0.15) is 29.2 Å². The van der Waals surface area contributed by atoms with E-state index in [1.54, 1.807) is 6.20 Å². The van der Waals surface area contributed by atoms with E-state index < -0.39 is 11.0 Å². The number of morpholine rings is 1. The number of hydrogen-bond donors (Lipinski definition) is 1. The number of rotatable bonds is 6. The molecule has 1 saturated heterocycles. The summed E-state index contributed by atoms with van der Waals surface area (Å²) in [6.07, 6.45) is 4.75. The van der Waals surface area contributed by atoms with Crippen LogP contribution in [0.25, 0.3) is 4.91 Å². The number of anilines is 1. The van der Waals surface area contributed by atoms with Crippen molar-refractivity contribution in [2.75, 3.05) is 31.2 Å². The second-order valence-corrected chi connectivity index (χ2v) is 9.97. The highest BCUT2D eigenvalue weighted by Gasteiger charge is 2.27. The van der Waals surface area contributed by atoms with E-state index in [1.165, 1.54) is 6.08 Å². The van der Waals surface area contributed by atoms with Crippen LogP contribution in [-0.4, -0.2) is 41.4 Å². The summed E-state index contributed by atoms with van der Waals surface area (Å²) >= 11 is 0. The molecule has 3 aliphatic rings. The van der Waals surface area contributed by atoms with Gasteiger partial charge in [0.15, 0.2) is 11.0 Å². The van der Waals surface area contributed by atoms with Gasteiger partial charge in [-0.3, -0.25) is 9.52 Å². The molecule has 1 amide bonds. The second kappa shape index (κ2) is 9.75. The Kier molecular flexibility index (Phi) is 6.16. The Morgan fingerprint density at radius 3 is 2.56 bits per heavy atom. The largest absolute Gasteiger partial charge is 0.486 e. The lowest BCUT2D eigenvalue weighted by molar-refractivity contribution is -0.114. The third-order valence-electron chi connectivity index (χ3n) is 6.53. The summed E-state index contributed by atoms with van der Waals surface area (Å²) in [5, 5.41) is 0. The fourth-order valence-corrected chi connectivity index (χ4v) is 5.66. The Hall–Kier alpha value is -3.69. The SMILES string of the molecule is O=C1C=C(c2ccc(O[C@@H]3CCc4c(Oc5ccc(N6CCOCC6)nc5)cccc43)cc2)S(=O)N1. The number of ether oxygens (including phenoxy) is 3. The molecule has 8 nitrogen and oxygen atoms in total. The fourth-order valence-electron chi connectivity index (χ4n) is 4.74. The van der Waals surface area contributed by atoms with Crippen molar-refractivity contribution < 1.29 is 23.2 Å². The number of carbonyl (C=O) groups is 1. The first kappa shape index (κ1) is 22.8. The summed E-state index contributed by atoms with van der Waals surface area (Å²) in [7, 11) is -1.51. The normalized spacial score (nSPS) is 21.1. The summed E-state index contributed by atoms with van der Waals surface area (Å²) in [5.74, 6) is 2.83. The van der Waals surface area contributed by atoms with Gasteiger partial charge in [-0.2, -0.15) is 0 Å². The number of carbonyl (C=O) groups excluding carboxylic acids is 1. The van der Waals surface area contributed by atoms with E-state index in [2.05, 4.69) is 20.7 Å². The predicted octanol–water partition coefficient (Wildman–Crippen LogP) is 3.91. The lowest BCUT2D eigenvalue weighted by Crippen LogP contribution is -2.36. The zero-order valence-electron chi connectivity index (χ0n) is 19.5. The van der Waals surface area contributed by atoms with Crippen LogP contribution >= 0.6 is 0 Å². The zero-order valence-corrected chi connectivity index (χ0v) is 20.3. The van der Waals surface area contributed by atoms with Crippen LogP contribution in [0.15, 0.2) is 66.9 Å². The lowest BCUT2D eigenvalue weighted by atomic mass is 10.1. The molecule has 1 unspecified atom stereocenters. The maximum atomic E-state index is 12.0. The molecule has 0 saturated carbocycles. The van der Waals surface area contributed by atoms with Gasteiger partial charge in [0.05, 0.1) is 24.3 Å². The number of hydrogen-bond acceptors (Lipinski definition) is 7. The fraction of sp³-hybridized carbons (Fsp3) is 0.259. The Labute approximate surface area is 211 Å². The molecule has 184 valence electrons. The molecule has 36 heavy (non-hydrogen) atoms. The van der Waals surface area contributed by atoms with Crippen LogP contribution in [-0.2, 0) is 26.9 Å². The van der Waals surface area contributed by atoms with Gasteiger partial charge in [0.2, 0.25) is 0 Å². The van der Waals surface area contributed by atoms with Crippen LogP contribution in [0.4, 0.5) is 5.82 Å². The molecule has 1 aliphatic carbocycles. The van der Waals surface area contributed by atoms with E-state index in [1.807, 2.05) is 48.5 Å². The van der Waals surface area contributed by atoms with Gasteiger partial charge in [-0.05, 0) is 54.3 Å². The average molecular weight is 504 g/mol. The van der Waals surface area contributed by atoms with Gasteiger partial charge in [0, 0.05) is 24.7 Å². The minimum atomic E-state index is -1.51. The van der Waals surface area contributed by atoms with Crippen molar-refractivity contribution in [3.05, 3.63) is 83.6 Å². The molecular weight excluding hydrogens is 478 g/mol. The van der Waals surface area contributed by atoms with E-state index in [0.717, 1.165) is 73.2 Å². The second-order valence-electron chi connectivity index (χ2n) is 8.79. The van der Waals surface area contributed by atoms with E-state index in [-0.39, 0.29) is 12.0 Å². The Morgan fingerprint density at radius 2 is 1.83 bits per heavy atom. The predicted molar refractivity (Wildman–Crippen MR) is 136 cm³/mol. The molecule has 0 radical (unpaired) electrons. The monoisotopic (exact) mass is 503 g/mol. The van der Waals surface area contributed by atoms with Crippen LogP contribution in [0.1, 0.15) is 29.2 Å².